The highest BCUT2D eigenvalue weighted by Gasteiger charge is 2.33. The average molecular weight is 384 g/mol. The third kappa shape index (κ3) is 4.30. The number of ether oxygens (including phenoxy) is 1. The molecule has 1 aliphatic rings. The highest BCUT2D eigenvalue weighted by Crippen LogP contribution is 2.32. The number of thioether (sulfide) groups is 1. The molecule has 0 unspecified atom stereocenters. The van der Waals surface area contributed by atoms with Crippen molar-refractivity contribution in [3.8, 4) is 5.75 Å². The Labute approximate surface area is 161 Å². The molecule has 0 aromatic heterocycles. The fourth-order valence-electron chi connectivity index (χ4n) is 2.36. The van der Waals surface area contributed by atoms with Gasteiger partial charge in [0.1, 0.15) is 16.6 Å². The SMILES string of the molecule is COc1ccc(NC(=O)CN2C(=O)/C(=C/c3ccccc3)SC2=S)cc1. The minimum absolute atomic E-state index is 0.122. The van der Waals surface area contributed by atoms with Gasteiger partial charge in [-0.2, -0.15) is 0 Å². The fraction of sp³-hybridized carbons (Fsp3) is 0.105. The van der Waals surface area contributed by atoms with E-state index in [2.05, 4.69) is 5.32 Å². The lowest BCUT2D eigenvalue weighted by Gasteiger charge is -2.14. The van der Waals surface area contributed by atoms with Crippen LogP contribution < -0.4 is 10.1 Å². The first-order valence-corrected chi connectivity index (χ1v) is 9.03. The Morgan fingerprint density at radius 3 is 2.54 bits per heavy atom. The molecular formula is C19H16N2O3S2. The van der Waals surface area contributed by atoms with Crippen LogP contribution in [0.2, 0.25) is 0 Å². The van der Waals surface area contributed by atoms with Gasteiger partial charge in [-0.1, -0.05) is 54.3 Å². The molecule has 0 aliphatic carbocycles. The lowest BCUT2D eigenvalue weighted by Crippen LogP contribution is -2.36. The van der Waals surface area contributed by atoms with Gasteiger partial charge in [-0.15, -0.1) is 0 Å². The van der Waals surface area contributed by atoms with Crippen molar-refractivity contribution < 1.29 is 14.3 Å². The van der Waals surface area contributed by atoms with Crippen LogP contribution in [0.3, 0.4) is 0 Å². The predicted molar refractivity (Wildman–Crippen MR) is 108 cm³/mol. The van der Waals surface area contributed by atoms with Crippen LogP contribution in [-0.4, -0.2) is 34.7 Å². The smallest absolute Gasteiger partial charge is 0.266 e. The number of hydrogen-bond acceptors (Lipinski definition) is 5. The molecule has 3 rings (SSSR count). The molecule has 1 saturated heterocycles. The van der Waals surface area contributed by atoms with Gasteiger partial charge in [0.25, 0.3) is 5.91 Å². The first-order valence-electron chi connectivity index (χ1n) is 7.81. The van der Waals surface area contributed by atoms with E-state index in [1.807, 2.05) is 30.3 Å². The molecule has 2 aromatic rings. The van der Waals surface area contributed by atoms with Crippen LogP contribution in [0.15, 0.2) is 59.5 Å². The number of carbonyl (C=O) groups excluding carboxylic acids is 2. The van der Waals surface area contributed by atoms with Gasteiger partial charge < -0.3 is 10.1 Å². The van der Waals surface area contributed by atoms with Crippen molar-refractivity contribution in [1.29, 1.82) is 0 Å². The van der Waals surface area contributed by atoms with Crippen molar-refractivity contribution in [1.82, 2.24) is 4.90 Å². The van der Waals surface area contributed by atoms with Gasteiger partial charge in [0, 0.05) is 5.69 Å². The highest BCUT2D eigenvalue weighted by molar-refractivity contribution is 8.26. The first-order chi connectivity index (χ1) is 12.6. The maximum atomic E-state index is 12.5. The van der Waals surface area contributed by atoms with Gasteiger partial charge in [-0.05, 0) is 35.9 Å². The number of benzene rings is 2. The summed E-state index contributed by atoms with van der Waals surface area (Å²) < 4.78 is 5.46. The van der Waals surface area contributed by atoms with E-state index in [9.17, 15) is 9.59 Å². The Balaban J connectivity index is 1.65. The number of amides is 2. The zero-order chi connectivity index (χ0) is 18.5. The maximum Gasteiger partial charge on any atom is 0.266 e. The van der Waals surface area contributed by atoms with E-state index in [0.717, 1.165) is 5.56 Å². The second kappa shape index (κ2) is 8.16. The molecule has 0 radical (unpaired) electrons. The van der Waals surface area contributed by atoms with Gasteiger partial charge in [-0.25, -0.2) is 0 Å². The van der Waals surface area contributed by atoms with Crippen LogP contribution in [0.1, 0.15) is 5.56 Å². The van der Waals surface area contributed by atoms with Crippen molar-refractivity contribution in [2.75, 3.05) is 19.0 Å². The molecule has 132 valence electrons. The summed E-state index contributed by atoms with van der Waals surface area (Å²) in [6.07, 6.45) is 1.78. The van der Waals surface area contributed by atoms with Crippen LogP contribution in [0.25, 0.3) is 6.08 Å². The van der Waals surface area contributed by atoms with Crippen LogP contribution in [-0.2, 0) is 9.59 Å². The first kappa shape index (κ1) is 18.2. The van der Waals surface area contributed by atoms with E-state index in [4.69, 9.17) is 17.0 Å². The van der Waals surface area contributed by atoms with E-state index < -0.39 is 0 Å². The molecule has 0 atom stereocenters. The van der Waals surface area contributed by atoms with Crippen LogP contribution >= 0.6 is 24.0 Å². The van der Waals surface area contributed by atoms with Gasteiger partial charge >= 0.3 is 0 Å². The Morgan fingerprint density at radius 2 is 1.88 bits per heavy atom. The number of thiocarbonyl (C=S) groups is 1. The highest BCUT2D eigenvalue weighted by atomic mass is 32.2. The minimum Gasteiger partial charge on any atom is -0.497 e. The second-order valence-electron chi connectivity index (χ2n) is 5.46. The summed E-state index contributed by atoms with van der Waals surface area (Å²) in [5, 5.41) is 2.75. The number of methoxy groups -OCH3 is 1. The molecule has 1 N–H and O–H groups in total. The average Bonchev–Trinajstić information content (AvgIpc) is 2.90. The molecule has 2 amide bonds. The van der Waals surface area contributed by atoms with Crippen molar-refractivity contribution in [2.24, 2.45) is 0 Å². The van der Waals surface area contributed by atoms with E-state index >= 15 is 0 Å². The van der Waals surface area contributed by atoms with Gasteiger partial charge in [0.05, 0.1) is 12.0 Å². The molecule has 1 heterocycles. The summed E-state index contributed by atoms with van der Waals surface area (Å²) in [4.78, 5) is 26.6. The predicted octanol–water partition coefficient (Wildman–Crippen LogP) is 3.54. The summed E-state index contributed by atoms with van der Waals surface area (Å²) in [5.74, 6) is 0.132. The Kier molecular flexibility index (Phi) is 5.70. The van der Waals surface area contributed by atoms with Crippen molar-refractivity contribution >= 4 is 51.9 Å². The molecule has 0 saturated carbocycles. The minimum atomic E-state index is -0.313. The summed E-state index contributed by atoms with van der Waals surface area (Å²) in [5.41, 5.74) is 1.54. The topological polar surface area (TPSA) is 58.6 Å². The number of nitrogens with zero attached hydrogens (tertiary/aromatic N) is 1. The Morgan fingerprint density at radius 1 is 1.19 bits per heavy atom. The molecule has 7 heteroatoms. The number of nitrogens with one attached hydrogen (secondary N) is 1. The van der Waals surface area contributed by atoms with E-state index in [0.29, 0.717) is 20.7 Å². The summed E-state index contributed by atoms with van der Waals surface area (Å²) >= 11 is 6.46. The molecule has 26 heavy (non-hydrogen) atoms. The summed E-state index contributed by atoms with van der Waals surface area (Å²) in [6, 6.07) is 16.5. The molecule has 0 bridgehead atoms. The third-order valence-electron chi connectivity index (χ3n) is 3.65. The largest absolute Gasteiger partial charge is 0.497 e. The van der Waals surface area contributed by atoms with Crippen molar-refractivity contribution in [2.45, 2.75) is 0 Å². The van der Waals surface area contributed by atoms with Crippen LogP contribution in [0, 0.1) is 0 Å². The lowest BCUT2D eigenvalue weighted by atomic mass is 10.2. The van der Waals surface area contributed by atoms with Gasteiger partial charge in [0.15, 0.2) is 0 Å². The van der Waals surface area contributed by atoms with E-state index in [-0.39, 0.29) is 18.4 Å². The maximum absolute atomic E-state index is 12.5. The van der Waals surface area contributed by atoms with Crippen LogP contribution in [0.4, 0.5) is 5.69 Å². The van der Waals surface area contributed by atoms with E-state index in [1.165, 1.54) is 16.7 Å². The Bertz CT molecular complexity index is 864. The zero-order valence-corrected chi connectivity index (χ0v) is 15.6. The summed E-state index contributed by atoms with van der Waals surface area (Å²) in [6.45, 7) is -0.122. The molecule has 1 fully saturated rings. The van der Waals surface area contributed by atoms with Gasteiger partial charge in [-0.3, -0.25) is 14.5 Å². The molecule has 1 aliphatic heterocycles. The third-order valence-corrected chi connectivity index (χ3v) is 5.02. The fourth-order valence-corrected chi connectivity index (χ4v) is 3.61. The van der Waals surface area contributed by atoms with Gasteiger partial charge in [0.2, 0.25) is 5.91 Å². The molecule has 0 spiro atoms. The normalized spacial score (nSPS) is 15.4. The lowest BCUT2D eigenvalue weighted by molar-refractivity contribution is -0.126. The molecule has 2 aromatic carbocycles. The quantitative estimate of drug-likeness (QED) is 0.631. The summed E-state index contributed by atoms with van der Waals surface area (Å²) in [7, 11) is 1.58. The van der Waals surface area contributed by atoms with Crippen molar-refractivity contribution in [3.05, 3.63) is 65.1 Å². The molecular weight excluding hydrogens is 368 g/mol. The second-order valence-corrected chi connectivity index (χ2v) is 7.13. The number of anilines is 1. The molecule has 5 nitrogen and oxygen atoms in total. The Hall–Kier alpha value is -2.64. The van der Waals surface area contributed by atoms with Crippen molar-refractivity contribution in [3.63, 3.8) is 0 Å². The standard InChI is InChI=1S/C19H16N2O3S2/c1-24-15-9-7-14(8-10-15)20-17(22)12-21-18(23)16(26-19(21)25)11-13-5-3-2-4-6-13/h2-11H,12H2,1H3,(H,20,22)/b16-11-. The van der Waals surface area contributed by atoms with E-state index in [1.54, 1.807) is 37.5 Å². The number of hydrogen-bond donors (Lipinski definition) is 1. The number of carbonyl (C=O) groups is 2. The van der Waals surface area contributed by atoms with Crippen LogP contribution in [0.5, 0.6) is 5.75 Å². The zero-order valence-electron chi connectivity index (χ0n) is 14.0. The number of rotatable bonds is 5. The monoisotopic (exact) mass is 384 g/mol.